The second-order valence-electron chi connectivity index (χ2n) is 7.09. The highest BCUT2D eigenvalue weighted by Gasteiger charge is 2.20. The van der Waals surface area contributed by atoms with Gasteiger partial charge in [0.25, 0.3) is 0 Å². The normalized spacial score (nSPS) is 15.8. The van der Waals surface area contributed by atoms with E-state index in [2.05, 4.69) is 46.5 Å². The van der Waals surface area contributed by atoms with Gasteiger partial charge in [0.15, 0.2) is 5.96 Å². The molecule has 1 aliphatic heterocycles. The summed E-state index contributed by atoms with van der Waals surface area (Å²) in [4.78, 5) is 13.0. The molecule has 0 bridgehead atoms. The first-order chi connectivity index (χ1) is 13.7. The molecule has 0 atom stereocenters. The molecule has 5 nitrogen and oxygen atoms in total. The standard InChI is InChI=1S/C21H30ClN5S.HI/c1-3-19-13-24-20(28-19)14-25-21(23-4-2)26-18-9-11-27(12-10-18)15-16-5-7-17(22)8-6-16;/h5-8,13,18H,3-4,9-12,14-15H2,1-2H3,(H2,23,25,26);1H. The molecule has 0 unspecified atom stereocenters. The molecule has 2 aromatic rings. The zero-order valence-electron chi connectivity index (χ0n) is 17.2. The molecule has 160 valence electrons. The molecule has 0 amide bonds. The first kappa shape index (κ1) is 24.4. The second-order valence-corrected chi connectivity index (χ2v) is 8.73. The van der Waals surface area contributed by atoms with Crippen molar-refractivity contribution in [1.82, 2.24) is 20.5 Å². The molecule has 0 saturated carbocycles. The molecule has 1 saturated heterocycles. The average molecular weight is 548 g/mol. The maximum Gasteiger partial charge on any atom is 0.191 e. The Morgan fingerprint density at radius 1 is 1.24 bits per heavy atom. The highest BCUT2D eigenvalue weighted by molar-refractivity contribution is 14.0. The number of nitrogens with zero attached hydrogens (tertiary/aromatic N) is 3. The van der Waals surface area contributed by atoms with Crippen molar-refractivity contribution in [2.75, 3.05) is 19.6 Å². The van der Waals surface area contributed by atoms with Crippen LogP contribution in [0, 0.1) is 0 Å². The van der Waals surface area contributed by atoms with Gasteiger partial charge in [0.1, 0.15) is 5.01 Å². The molecule has 1 aliphatic rings. The van der Waals surface area contributed by atoms with Gasteiger partial charge in [-0.3, -0.25) is 4.90 Å². The van der Waals surface area contributed by atoms with Crippen LogP contribution in [0.15, 0.2) is 35.5 Å². The largest absolute Gasteiger partial charge is 0.357 e. The van der Waals surface area contributed by atoms with E-state index >= 15 is 0 Å². The minimum atomic E-state index is 0. The third kappa shape index (κ3) is 8.03. The Kier molecular flexibility index (Phi) is 10.7. The molecule has 2 heterocycles. The summed E-state index contributed by atoms with van der Waals surface area (Å²) in [6, 6.07) is 8.63. The van der Waals surface area contributed by atoms with E-state index in [1.165, 1.54) is 10.4 Å². The summed E-state index contributed by atoms with van der Waals surface area (Å²) in [7, 11) is 0. The molecule has 1 fully saturated rings. The fraction of sp³-hybridized carbons (Fsp3) is 0.524. The topological polar surface area (TPSA) is 52.6 Å². The van der Waals surface area contributed by atoms with Gasteiger partial charge in [0, 0.05) is 48.3 Å². The van der Waals surface area contributed by atoms with E-state index in [4.69, 9.17) is 16.6 Å². The van der Waals surface area contributed by atoms with Crippen molar-refractivity contribution in [3.8, 4) is 0 Å². The van der Waals surface area contributed by atoms with Crippen LogP contribution in [0.3, 0.4) is 0 Å². The number of benzene rings is 1. The lowest BCUT2D eigenvalue weighted by Crippen LogP contribution is -2.48. The van der Waals surface area contributed by atoms with Crippen LogP contribution in [-0.4, -0.2) is 41.5 Å². The molecule has 8 heteroatoms. The van der Waals surface area contributed by atoms with Crippen LogP contribution >= 0.6 is 46.9 Å². The third-order valence-electron chi connectivity index (χ3n) is 4.91. The summed E-state index contributed by atoms with van der Waals surface area (Å²) >= 11 is 7.73. The van der Waals surface area contributed by atoms with Gasteiger partial charge in [-0.2, -0.15) is 0 Å². The highest BCUT2D eigenvalue weighted by Crippen LogP contribution is 2.16. The summed E-state index contributed by atoms with van der Waals surface area (Å²) < 4.78 is 0. The Morgan fingerprint density at radius 3 is 2.59 bits per heavy atom. The number of rotatable bonds is 7. The predicted octanol–water partition coefficient (Wildman–Crippen LogP) is 4.70. The minimum Gasteiger partial charge on any atom is -0.357 e. The summed E-state index contributed by atoms with van der Waals surface area (Å²) in [5.41, 5.74) is 1.32. The van der Waals surface area contributed by atoms with E-state index in [1.807, 2.05) is 18.3 Å². The van der Waals surface area contributed by atoms with Crippen molar-refractivity contribution >= 4 is 52.9 Å². The number of aromatic nitrogens is 1. The molecule has 1 aromatic heterocycles. The first-order valence-electron chi connectivity index (χ1n) is 10.1. The number of likely N-dealkylation sites (tertiary alicyclic amines) is 1. The average Bonchev–Trinajstić information content (AvgIpc) is 3.18. The number of hydrogen-bond donors (Lipinski definition) is 2. The van der Waals surface area contributed by atoms with E-state index in [0.717, 1.165) is 61.4 Å². The van der Waals surface area contributed by atoms with Crippen molar-refractivity contribution in [1.29, 1.82) is 0 Å². The van der Waals surface area contributed by atoms with Crippen LogP contribution in [-0.2, 0) is 19.5 Å². The molecule has 0 radical (unpaired) electrons. The first-order valence-corrected chi connectivity index (χ1v) is 11.3. The summed E-state index contributed by atoms with van der Waals surface area (Å²) in [6.07, 6.45) is 5.24. The Morgan fingerprint density at radius 2 is 1.97 bits per heavy atom. The maximum absolute atomic E-state index is 5.98. The number of aliphatic imine (C=N–C) groups is 1. The van der Waals surface area contributed by atoms with Gasteiger partial charge in [-0.05, 0) is 43.9 Å². The van der Waals surface area contributed by atoms with Crippen molar-refractivity contribution < 1.29 is 0 Å². The zero-order chi connectivity index (χ0) is 19.8. The van der Waals surface area contributed by atoms with E-state index in [-0.39, 0.29) is 24.0 Å². The Bertz CT molecular complexity index is 757. The number of piperidine rings is 1. The van der Waals surface area contributed by atoms with Gasteiger partial charge in [0.2, 0.25) is 0 Å². The van der Waals surface area contributed by atoms with Gasteiger partial charge in [-0.15, -0.1) is 35.3 Å². The van der Waals surface area contributed by atoms with Crippen LogP contribution in [0.2, 0.25) is 5.02 Å². The number of guanidine groups is 1. The quantitative estimate of drug-likeness (QED) is 0.300. The highest BCUT2D eigenvalue weighted by atomic mass is 127. The van der Waals surface area contributed by atoms with Crippen LogP contribution < -0.4 is 10.6 Å². The number of hydrogen-bond acceptors (Lipinski definition) is 4. The molecule has 2 N–H and O–H groups in total. The Labute approximate surface area is 200 Å². The van der Waals surface area contributed by atoms with E-state index in [0.29, 0.717) is 12.6 Å². The molecular formula is C21H31ClIN5S. The van der Waals surface area contributed by atoms with Crippen molar-refractivity contribution in [2.45, 2.75) is 52.2 Å². The van der Waals surface area contributed by atoms with Gasteiger partial charge in [-0.25, -0.2) is 9.98 Å². The number of thiazole rings is 1. The summed E-state index contributed by atoms with van der Waals surface area (Å²) in [6.45, 7) is 8.92. The smallest absolute Gasteiger partial charge is 0.191 e. The lowest BCUT2D eigenvalue weighted by molar-refractivity contribution is 0.198. The summed E-state index contributed by atoms with van der Waals surface area (Å²) in [5, 5.41) is 8.85. The van der Waals surface area contributed by atoms with Crippen LogP contribution in [0.5, 0.6) is 0 Å². The monoisotopic (exact) mass is 547 g/mol. The fourth-order valence-corrected chi connectivity index (χ4v) is 4.24. The van der Waals surface area contributed by atoms with Crippen molar-refractivity contribution in [3.63, 3.8) is 0 Å². The molecule has 1 aromatic carbocycles. The van der Waals surface area contributed by atoms with Crippen LogP contribution in [0.25, 0.3) is 0 Å². The molecule has 3 rings (SSSR count). The lowest BCUT2D eigenvalue weighted by Gasteiger charge is -2.33. The van der Waals surface area contributed by atoms with Gasteiger partial charge < -0.3 is 10.6 Å². The molecule has 0 spiro atoms. The van der Waals surface area contributed by atoms with E-state index in [1.54, 1.807) is 11.3 Å². The Hall–Kier alpha value is -0.900. The SMILES string of the molecule is CCNC(=NCc1ncc(CC)s1)NC1CCN(Cc2ccc(Cl)cc2)CC1.I. The van der Waals surface area contributed by atoms with Crippen molar-refractivity contribution in [3.05, 3.63) is 50.9 Å². The van der Waals surface area contributed by atoms with Gasteiger partial charge in [-0.1, -0.05) is 30.7 Å². The van der Waals surface area contributed by atoms with Crippen molar-refractivity contribution in [2.24, 2.45) is 4.99 Å². The molecule has 29 heavy (non-hydrogen) atoms. The van der Waals surface area contributed by atoms with E-state index in [9.17, 15) is 0 Å². The van der Waals surface area contributed by atoms with Gasteiger partial charge in [0.05, 0.1) is 6.54 Å². The molecular weight excluding hydrogens is 517 g/mol. The number of aryl methyl sites for hydroxylation is 1. The lowest BCUT2D eigenvalue weighted by atomic mass is 10.0. The second kappa shape index (κ2) is 12.7. The van der Waals surface area contributed by atoms with Crippen LogP contribution in [0.4, 0.5) is 0 Å². The molecule has 0 aliphatic carbocycles. The van der Waals surface area contributed by atoms with E-state index < -0.39 is 0 Å². The number of halogens is 2. The number of nitrogens with one attached hydrogen (secondary N) is 2. The fourth-order valence-electron chi connectivity index (χ4n) is 3.33. The van der Waals surface area contributed by atoms with Crippen LogP contribution in [0.1, 0.15) is 42.1 Å². The summed E-state index contributed by atoms with van der Waals surface area (Å²) in [5.74, 6) is 0.895. The minimum absolute atomic E-state index is 0. The maximum atomic E-state index is 5.98. The third-order valence-corrected chi connectivity index (χ3v) is 6.29. The Balaban J connectivity index is 0.00000300. The van der Waals surface area contributed by atoms with Gasteiger partial charge >= 0.3 is 0 Å². The zero-order valence-corrected chi connectivity index (χ0v) is 21.1. The predicted molar refractivity (Wildman–Crippen MR) is 135 cm³/mol.